The first-order valence-electron chi connectivity index (χ1n) is 7.68. The van der Waals surface area contributed by atoms with Gasteiger partial charge in [0.1, 0.15) is 5.54 Å². The van der Waals surface area contributed by atoms with Gasteiger partial charge in [0.15, 0.2) is 0 Å². The fraction of sp³-hybridized carbons (Fsp3) is 0.500. The highest BCUT2D eigenvalue weighted by atomic mass is 35.5. The highest BCUT2D eigenvalue weighted by Crippen LogP contribution is 2.25. The molecule has 2 heterocycles. The Morgan fingerprint density at radius 1 is 1.27 bits per heavy atom. The summed E-state index contributed by atoms with van der Waals surface area (Å²) < 4.78 is 0. The van der Waals surface area contributed by atoms with Crippen molar-refractivity contribution < 1.29 is 9.59 Å². The maximum absolute atomic E-state index is 12.0. The lowest BCUT2D eigenvalue weighted by molar-refractivity contribution is -0.125. The van der Waals surface area contributed by atoms with E-state index >= 15 is 0 Å². The number of carbonyl (C=O) groups excluding carboxylic acids is 2. The molecule has 0 radical (unpaired) electrons. The Kier molecular flexibility index (Phi) is 4.36. The number of rotatable bonds is 4. The summed E-state index contributed by atoms with van der Waals surface area (Å²) >= 11 is 6.17. The van der Waals surface area contributed by atoms with Gasteiger partial charge in [-0.25, -0.2) is 4.79 Å². The molecule has 22 heavy (non-hydrogen) atoms. The molecule has 2 saturated heterocycles. The van der Waals surface area contributed by atoms with Crippen LogP contribution in [0, 0.1) is 0 Å². The van der Waals surface area contributed by atoms with Crippen LogP contribution in [0.25, 0.3) is 0 Å². The third-order valence-electron chi connectivity index (χ3n) is 4.46. The first-order chi connectivity index (χ1) is 10.6. The Morgan fingerprint density at radius 3 is 2.82 bits per heavy atom. The molecular weight excluding hydrogens is 302 g/mol. The Labute approximate surface area is 135 Å². The van der Waals surface area contributed by atoms with E-state index in [-0.39, 0.29) is 11.9 Å². The fourth-order valence-corrected chi connectivity index (χ4v) is 3.58. The average Bonchev–Trinajstić information content (AvgIpc) is 2.75. The van der Waals surface area contributed by atoms with Crippen LogP contribution in [0.1, 0.15) is 24.8 Å². The number of halogens is 1. The molecule has 5 nitrogen and oxygen atoms in total. The van der Waals surface area contributed by atoms with Gasteiger partial charge in [0.2, 0.25) is 0 Å². The lowest BCUT2D eigenvalue weighted by Crippen LogP contribution is -2.58. The van der Waals surface area contributed by atoms with Gasteiger partial charge in [-0.15, -0.1) is 0 Å². The van der Waals surface area contributed by atoms with Crippen LogP contribution in [0.2, 0.25) is 5.02 Å². The molecule has 0 bridgehead atoms. The minimum atomic E-state index is -0.722. The van der Waals surface area contributed by atoms with Crippen LogP contribution in [0.15, 0.2) is 24.3 Å². The van der Waals surface area contributed by atoms with Crippen molar-refractivity contribution in [3.05, 3.63) is 34.9 Å². The summed E-state index contributed by atoms with van der Waals surface area (Å²) in [6, 6.07) is 7.51. The topological polar surface area (TPSA) is 61.4 Å². The molecule has 2 aliphatic heterocycles. The number of hydrogen-bond acceptors (Lipinski definition) is 3. The van der Waals surface area contributed by atoms with Crippen LogP contribution < -0.4 is 10.6 Å². The third kappa shape index (κ3) is 3.10. The summed E-state index contributed by atoms with van der Waals surface area (Å²) in [6.07, 6.45) is 3.53. The van der Waals surface area contributed by atoms with Crippen LogP contribution in [0.3, 0.4) is 0 Å². The highest BCUT2D eigenvalue weighted by Gasteiger charge is 2.48. The smallest absolute Gasteiger partial charge is 0.322 e. The van der Waals surface area contributed by atoms with Gasteiger partial charge >= 0.3 is 6.03 Å². The Hall–Kier alpha value is -1.59. The van der Waals surface area contributed by atoms with E-state index in [1.54, 1.807) is 0 Å². The van der Waals surface area contributed by atoms with E-state index in [4.69, 9.17) is 11.6 Å². The van der Waals surface area contributed by atoms with Gasteiger partial charge in [0.25, 0.3) is 5.91 Å². The van der Waals surface area contributed by atoms with Crippen LogP contribution in [0.4, 0.5) is 4.79 Å². The number of amides is 3. The normalized spacial score (nSPS) is 25.3. The molecule has 2 N–H and O–H groups in total. The summed E-state index contributed by atoms with van der Waals surface area (Å²) in [6.45, 7) is 2.46. The number of benzene rings is 1. The Bertz CT molecular complexity index is 593. The summed E-state index contributed by atoms with van der Waals surface area (Å²) in [5.74, 6) is -0.187. The third-order valence-corrected chi connectivity index (χ3v) is 4.83. The summed E-state index contributed by atoms with van der Waals surface area (Å²) in [5, 5.41) is 5.96. The van der Waals surface area contributed by atoms with Crippen molar-refractivity contribution in [1.82, 2.24) is 15.5 Å². The predicted molar refractivity (Wildman–Crippen MR) is 84.9 cm³/mol. The second-order valence-corrected chi connectivity index (χ2v) is 6.47. The molecule has 0 aromatic heterocycles. The highest BCUT2D eigenvalue weighted by molar-refractivity contribution is 6.31. The zero-order valence-corrected chi connectivity index (χ0v) is 13.2. The predicted octanol–water partition coefficient (Wildman–Crippen LogP) is 1.95. The lowest BCUT2D eigenvalue weighted by Gasteiger charge is -2.38. The van der Waals surface area contributed by atoms with Gasteiger partial charge in [-0.3, -0.25) is 10.1 Å². The quantitative estimate of drug-likeness (QED) is 0.833. The SMILES string of the molecule is O=C1NC(=O)C2(CCCN(CCCc3ccccc3Cl)C2)N1. The molecule has 2 aliphatic rings. The molecule has 6 heteroatoms. The van der Waals surface area contributed by atoms with E-state index in [1.807, 2.05) is 24.3 Å². The number of nitrogens with zero attached hydrogens (tertiary/aromatic N) is 1. The monoisotopic (exact) mass is 321 g/mol. The zero-order chi connectivity index (χ0) is 15.6. The van der Waals surface area contributed by atoms with Crippen LogP contribution in [-0.4, -0.2) is 42.0 Å². The van der Waals surface area contributed by atoms with Crippen LogP contribution in [-0.2, 0) is 11.2 Å². The molecule has 1 unspecified atom stereocenters. The fourth-order valence-electron chi connectivity index (χ4n) is 3.34. The second-order valence-electron chi connectivity index (χ2n) is 6.07. The molecule has 1 spiro atoms. The largest absolute Gasteiger partial charge is 0.322 e. The molecule has 2 fully saturated rings. The molecule has 118 valence electrons. The number of urea groups is 1. The van der Waals surface area contributed by atoms with Crippen molar-refractivity contribution in [2.45, 2.75) is 31.2 Å². The Morgan fingerprint density at radius 2 is 2.09 bits per heavy atom. The minimum absolute atomic E-state index is 0.187. The van der Waals surface area contributed by atoms with Gasteiger partial charge in [0.05, 0.1) is 0 Å². The van der Waals surface area contributed by atoms with Gasteiger partial charge < -0.3 is 10.2 Å². The van der Waals surface area contributed by atoms with Crippen molar-refractivity contribution in [1.29, 1.82) is 0 Å². The zero-order valence-electron chi connectivity index (χ0n) is 12.4. The average molecular weight is 322 g/mol. The second kappa shape index (κ2) is 6.26. The van der Waals surface area contributed by atoms with E-state index in [9.17, 15) is 9.59 Å². The maximum atomic E-state index is 12.0. The van der Waals surface area contributed by atoms with E-state index in [0.717, 1.165) is 42.9 Å². The lowest BCUT2D eigenvalue weighted by atomic mass is 9.89. The minimum Gasteiger partial charge on any atom is -0.322 e. The number of nitrogens with one attached hydrogen (secondary N) is 2. The van der Waals surface area contributed by atoms with E-state index < -0.39 is 5.54 Å². The van der Waals surface area contributed by atoms with Crippen molar-refractivity contribution in [3.8, 4) is 0 Å². The molecule has 0 aliphatic carbocycles. The van der Waals surface area contributed by atoms with Crippen LogP contribution >= 0.6 is 11.6 Å². The molecule has 0 saturated carbocycles. The van der Waals surface area contributed by atoms with Gasteiger partial charge in [0, 0.05) is 11.6 Å². The molecule has 3 amide bonds. The summed E-state index contributed by atoms with van der Waals surface area (Å²) in [7, 11) is 0. The van der Waals surface area contributed by atoms with Crippen molar-refractivity contribution in [3.63, 3.8) is 0 Å². The van der Waals surface area contributed by atoms with Crippen molar-refractivity contribution in [2.24, 2.45) is 0 Å². The number of hydrogen-bond donors (Lipinski definition) is 2. The van der Waals surface area contributed by atoms with Crippen molar-refractivity contribution in [2.75, 3.05) is 19.6 Å². The molecule has 1 aromatic carbocycles. The number of aryl methyl sites for hydroxylation is 1. The molecule has 1 atom stereocenters. The first kappa shape index (κ1) is 15.3. The number of piperidine rings is 1. The number of imide groups is 1. The molecule has 1 aromatic rings. The summed E-state index contributed by atoms with van der Waals surface area (Å²) in [4.78, 5) is 25.7. The van der Waals surface area contributed by atoms with E-state index in [2.05, 4.69) is 15.5 Å². The molecule has 3 rings (SSSR count). The van der Waals surface area contributed by atoms with E-state index in [0.29, 0.717) is 13.0 Å². The maximum Gasteiger partial charge on any atom is 0.322 e. The molecular formula is C16H20ClN3O2. The standard InChI is InChI=1S/C16H20ClN3O2/c17-13-7-2-1-5-12(13)6-3-9-20-10-4-8-16(11-20)14(21)18-15(22)19-16/h1-2,5,7H,3-4,6,8-11H2,(H2,18,19,21,22). The summed E-state index contributed by atoms with van der Waals surface area (Å²) in [5.41, 5.74) is 0.433. The van der Waals surface area contributed by atoms with Crippen molar-refractivity contribution >= 4 is 23.5 Å². The van der Waals surface area contributed by atoms with Gasteiger partial charge in [-0.05, 0) is 50.4 Å². The number of carbonyl (C=O) groups is 2. The number of likely N-dealkylation sites (tertiary alicyclic amines) is 1. The Balaban J connectivity index is 1.54. The van der Waals surface area contributed by atoms with Gasteiger partial charge in [-0.1, -0.05) is 29.8 Å². The van der Waals surface area contributed by atoms with Crippen LogP contribution in [0.5, 0.6) is 0 Å². The van der Waals surface area contributed by atoms with Gasteiger partial charge in [-0.2, -0.15) is 0 Å². The first-order valence-corrected chi connectivity index (χ1v) is 8.06. The van der Waals surface area contributed by atoms with E-state index in [1.165, 1.54) is 0 Å².